The van der Waals surface area contributed by atoms with Gasteiger partial charge in [0.15, 0.2) is 0 Å². The van der Waals surface area contributed by atoms with Crippen LogP contribution in [0.1, 0.15) is 24.6 Å². The predicted molar refractivity (Wildman–Crippen MR) is 50.5 cm³/mol. The molecule has 2 aromatic heterocycles. The standard InChI is InChI=1S/C10H11N3/c1-13-9-6-11-5-4-8(9)12-10(13)7-2-3-7/h4-7H,2-3H2,1H3. The SMILES string of the molecule is Cn1c(C2CC2)nc2ccncc21. The fourth-order valence-corrected chi connectivity index (χ4v) is 1.76. The van der Waals surface area contributed by atoms with Crippen LogP contribution in [0.3, 0.4) is 0 Å². The Bertz CT molecular complexity index is 454. The van der Waals surface area contributed by atoms with E-state index in [-0.39, 0.29) is 0 Å². The van der Waals surface area contributed by atoms with Gasteiger partial charge >= 0.3 is 0 Å². The van der Waals surface area contributed by atoms with E-state index in [1.54, 1.807) is 6.20 Å². The number of pyridine rings is 1. The minimum absolute atomic E-state index is 0.706. The van der Waals surface area contributed by atoms with Crippen LogP contribution in [0.4, 0.5) is 0 Å². The first-order chi connectivity index (χ1) is 6.36. The molecule has 2 heterocycles. The van der Waals surface area contributed by atoms with Gasteiger partial charge in [0.05, 0.1) is 17.2 Å². The molecule has 0 radical (unpaired) electrons. The fourth-order valence-electron chi connectivity index (χ4n) is 1.76. The second-order valence-electron chi connectivity index (χ2n) is 3.67. The molecule has 1 aliphatic carbocycles. The summed E-state index contributed by atoms with van der Waals surface area (Å²) < 4.78 is 2.17. The van der Waals surface area contributed by atoms with Gasteiger partial charge in [0, 0.05) is 19.2 Å². The molecule has 0 amide bonds. The second-order valence-corrected chi connectivity index (χ2v) is 3.67. The van der Waals surface area contributed by atoms with Crippen molar-refractivity contribution >= 4 is 11.0 Å². The molecule has 13 heavy (non-hydrogen) atoms. The molecule has 0 bridgehead atoms. The van der Waals surface area contributed by atoms with E-state index >= 15 is 0 Å². The molecular weight excluding hydrogens is 162 g/mol. The van der Waals surface area contributed by atoms with Crippen molar-refractivity contribution in [3.05, 3.63) is 24.3 Å². The lowest BCUT2D eigenvalue weighted by molar-refractivity contribution is 0.819. The van der Waals surface area contributed by atoms with Crippen molar-refractivity contribution in [2.24, 2.45) is 7.05 Å². The van der Waals surface area contributed by atoms with Crippen molar-refractivity contribution in [2.75, 3.05) is 0 Å². The summed E-state index contributed by atoms with van der Waals surface area (Å²) >= 11 is 0. The molecule has 1 aliphatic rings. The van der Waals surface area contributed by atoms with Crippen molar-refractivity contribution in [2.45, 2.75) is 18.8 Å². The maximum Gasteiger partial charge on any atom is 0.112 e. The van der Waals surface area contributed by atoms with Crippen LogP contribution in [-0.4, -0.2) is 14.5 Å². The van der Waals surface area contributed by atoms with Crippen LogP contribution in [0.2, 0.25) is 0 Å². The van der Waals surface area contributed by atoms with Gasteiger partial charge in [-0.2, -0.15) is 0 Å². The third-order valence-corrected chi connectivity index (χ3v) is 2.66. The summed E-state index contributed by atoms with van der Waals surface area (Å²) in [4.78, 5) is 8.70. The zero-order valence-corrected chi connectivity index (χ0v) is 7.57. The van der Waals surface area contributed by atoms with Gasteiger partial charge in [0.1, 0.15) is 5.82 Å². The molecule has 3 heteroatoms. The molecule has 3 nitrogen and oxygen atoms in total. The molecule has 66 valence electrons. The van der Waals surface area contributed by atoms with Crippen molar-refractivity contribution in [1.29, 1.82) is 0 Å². The lowest BCUT2D eigenvalue weighted by Gasteiger charge is -1.97. The van der Waals surface area contributed by atoms with Crippen molar-refractivity contribution in [3.8, 4) is 0 Å². The van der Waals surface area contributed by atoms with E-state index in [2.05, 4.69) is 21.6 Å². The monoisotopic (exact) mass is 173 g/mol. The normalized spacial score (nSPS) is 16.7. The highest BCUT2D eigenvalue weighted by atomic mass is 15.1. The maximum atomic E-state index is 4.60. The van der Waals surface area contributed by atoms with Gasteiger partial charge < -0.3 is 4.57 Å². The topological polar surface area (TPSA) is 30.7 Å². The fraction of sp³-hybridized carbons (Fsp3) is 0.400. The Balaban J connectivity index is 2.30. The first kappa shape index (κ1) is 7.06. The van der Waals surface area contributed by atoms with Gasteiger partial charge in [0.25, 0.3) is 0 Å². The van der Waals surface area contributed by atoms with E-state index in [1.165, 1.54) is 18.7 Å². The molecule has 0 atom stereocenters. The quantitative estimate of drug-likeness (QED) is 0.658. The number of imidazole rings is 1. The molecule has 1 fully saturated rings. The number of rotatable bonds is 1. The molecule has 2 aromatic rings. The van der Waals surface area contributed by atoms with E-state index in [0.717, 1.165) is 11.0 Å². The van der Waals surface area contributed by atoms with E-state index in [1.807, 2.05) is 12.3 Å². The smallest absolute Gasteiger partial charge is 0.112 e. The lowest BCUT2D eigenvalue weighted by Crippen LogP contribution is -1.94. The van der Waals surface area contributed by atoms with E-state index in [9.17, 15) is 0 Å². The summed E-state index contributed by atoms with van der Waals surface area (Å²) in [5, 5.41) is 0. The maximum absolute atomic E-state index is 4.60. The van der Waals surface area contributed by atoms with Crippen LogP contribution < -0.4 is 0 Å². The number of aryl methyl sites for hydroxylation is 1. The molecule has 0 N–H and O–H groups in total. The van der Waals surface area contributed by atoms with E-state index in [0.29, 0.717) is 5.92 Å². The summed E-state index contributed by atoms with van der Waals surface area (Å²) in [5.74, 6) is 1.93. The minimum Gasteiger partial charge on any atom is -0.330 e. The molecule has 0 aromatic carbocycles. The van der Waals surface area contributed by atoms with Gasteiger partial charge in [-0.05, 0) is 18.9 Å². The number of nitrogens with zero attached hydrogens (tertiary/aromatic N) is 3. The molecule has 3 rings (SSSR count). The summed E-state index contributed by atoms with van der Waals surface area (Å²) in [5.41, 5.74) is 2.21. The van der Waals surface area contributed by atoms with Gasteiger partial charge in [-0.15, -0.1) is 0 Å². The number of hydrogen-bond donors (Lipinski definition) is 0. The third-order valence-electron chi connectivity index (χ3n) is 2.66. The Morgan fingerprint density at radius 1 is 1.46 bits per heavy atom. The van der Waals surface area contributed by atoms with Gasteiger partial charge in [0.2, 0.25) is 0 Å². The van der Waals surface area contributed by atoms with Crippen molar-refractivity contribution in [3.63, 3.8) is 0 Å². The van der Waals surface area contributed by atoms with Crippen LogP contribution >= 0.6 is 0 Å². The molecule has 1 saturated carbocycles. The molecular formula is C10H11N3. The average Bonchev–Trinajstić information content (AvgIpc) is 2.94. The zero-order chi connectivity index (χ0) is 8.84. The van der Waals surface area contributed by atoms with Crippen LogP contribution in [0.25, 0.3) is 11.0 Å². The largest absolute Gasteiger partial charge is 0.330 e. The number of fused-ring (bicyclic) bond motifs is 1. The molecule has 0 saturated heterocycles. The van der Waals surface area contributed by atoms with Gasteiger partial charge in [-0.25, -0.2) is 4.98 Å². The predicted octanol–water partition coefficient (Wildman–Crippen LogP) is 1.85. The Labute approximate surface area is 76.4 Å². The first-order valence-corrected chi connectivity index (χ1v) is 4.62. The summed E-state index contributed by atoms with van der Waals surface area (Å²) in [6, 6.07) is 1.97. The zero-order valence-electron chi connectivity index (χ0n) is 7.57. The molecule has 0 spiro atoms. The third kappa shape index (κ3) is 0.963. The van der Waals surface area contributed by atoms with Crippen LogP contribution in [0, 0.1) is 0 Å². The van der Waals surface area contributed by atoms with Crippen LogP contribution in [0.15, 0.2) is 18.5 Å². The summed E-state index contributed by atoms with van der Waals surface area (Å²) in [7, 11) is 2.07. The van der Waals surface area contributed by atoms with Crippen molar-refractivity contribution in [1.82, 2.24) is 14.5 Å². The van der Waals surface area contributed by atoms with E-state index < -0.39 is 0 Å². The van der Waals surface area contributed by atoms with Crippen molar-refractivity contribution < 1.29 is 0 Å². The highest BCUT2D eigenvalue weighted by molar-refractivity contribution is 5.74. The summed E-state index contributed by atoms with van der Waals surface area (Å²) in [6.07, 6.45) is 6.27. The summed E-state index contributed by atoms with van der Waals surface area (Å²) in [6.45, 7) is 0. The molecule has 0 unspecified atom stereocenters. The van der Waals surface area contributed by atoms with Crippen LogP contribution in [-0.2, 0) is 7.05 Å². The average molecular weight is 173 g/mol. The van der Waals surface area contributed by atoms with E-state index in [4.69, 9.17) is 0 Å². The second kappa shape index (κ2) is 2.31. The highest BCUT2D eigenvalue weighted by Gasteiger charge is 2.28. The number of aromatic nitrogens is 3. The highest BCUT2D eigenvalue weighted by Crippen LogP contribution is 2.39. The Hall–Kier alpha value is -1.38. The Morgan fingerprint density at radius 3 is 3.00 bits per heavy atom. The van der Waals surface area contributed by atoms with Gasteiger partial charge in [-0.3, -0.25) is 4.98 Å². The van der Waals surface area contributed by atoms with Gasteiger partial charge in [-0.1, -0.05) is 0 Å². The minimum atomic E-state index is 0.706. The lowest BCUT2D eigenvalue weighted by atomic mass is 10.4. The molecule has 0 aliphatic heterocycles. The van der Waals surface area contributed by atoms with Crippen LogP contribution in [0.5, 0.6) is 0 Å². The Morgan fingerprint density at radius 2 is 2.31 bits per heavy atom. The first-order valence-electron chi connectivity index (χ1n) is 4.62. The Kier molecular flexibility index (Phi) is 1.26. The number of hydrogen-bond acceptors (Lipinski definition) is 2.